The fourth-order valence-electron chi connectivity index (χ4n) is 1.99. The topological polar surface area (TPSA) is 83.1 Å². The van der Waals surface area contributed by atoms with Crippen LogP contribution < -0.4 is 16.0 Å². The number of amides is 3. The Morgan fingerprint density at radius 2 is 1.65 bits per heavy atom. The van der Waals surface area contributed by atoms with Crippen LogP contribution in [0.3, 0.4) is 0 Å². The number of urea groups is 1. The van der Waals surface area contributed by atoms with E-state index in [0.717, 1.165) is 11.3 Å². The van der Waals surface area contributed by atoms with Crippen LogP contribution in [0.25, 0.3) is 0 Å². The molecule has 26 heavy (non-hydrogen) atoms. The summed E-state index contributed by atoms with van der Waals surface area (Å²) in [6.07, 6.45) is 0. The zero-order chi connectivity index (χ0) is 18.5. The van der Waals surface area contributed by atoms with Gasteiger partial charge in [0, 0.05) is 16.8 Å². The van der Waals surface area contributed by atoms with E-state index in [4.69, 9.17) is 23.2 Å². The van der Waals surface area contributed by atoms with E-state index in [9.17, 15) is 9.59 Å². The fraction of sp³-hybridized carbons (Fsp3) is 0. The van der Waals surface area contributed by atoms with Gasteiger partial charge in [0.1, 0.15) is 5.69 Å². The third-order valence-electron chi connectivity index (χ3n) is 3.17. The fourth-order valence-corrected chi connectivity index (χ4v) is 2.97. The van der Waals surface area contributed by atoms with Crippen molar-refractivity contribution in [1.29, 1.82) is 0 Å². The molecule has 3 amide bonds. The van der Waals surface area contributed by atoms with Gasteiger partial charge in [-0.25, -0.2) is 9.78 Å². The van der Waals surface area contributed by atoms with Crippen molar-refractivity contribution in [3.8, 4) is 0 Å². The SMILES string of the molecule is O=C(Nc1ccccc1)Nc1nc(C(=O)Nc2ccc(Cl)c(Cl)c2)cs1. The van der Waals surface area contributed by atoms with Crippen LogP contribution in [0.15, 0.2) is 53.9 Å². The van der Waals surface area contributed by atoms with E-state index in [1.165, 1.54) is 0 Å². The van der Waals surface area contributed by atoms with Gasteiger partial charge in [0.05, 0.1) is 10.0 Å². The predicted octanol–water partition coefficient (Wildman–Crippen LogP) is 5.35. The average Bonchev–Trinajstić information content (AvgIpc) is 3.07. The lowest BCUT2D eigenvalue weighted by molar-refractivity contribution is 0.102. The second-order valence-electron chi connectivity index (χ2n) is 5.07. The maximum Gasteiger partial charge on any atom is 0.325 e. The normalized spacial score (nSPS) is 10.2. The third kappa shape index (κ3) is 4.72. The lowest BCUT2D eigenvalue weighted by Gasteiger charge is -2.05. The Bertz CT molecular complexity index is 947. The molecule has 0 radical (unpaired) electrons. The summed E-state index contributed by atoms with van der Waals surface area (Å²) in [4.78, 5) is 28.3. The van der Waals surface area contributed by atoms with Gasteiger partial charge in [-0.1, -0.05) is 41.4 Å². The largest absolute Gasteiger partial charge is 0.325 e. The van der Waals surface area contributed by atoms with Crippen molar-refractivity contribution in [1.82, 2.24) is 4.98 Å². The number of nitrogens with zero attached hydrogens (tertiary/aromatic N) is 1. The first kappa shape index (κ1) is 18.2. The Kier molecular flexibility index (Phi) is 5.72. The number of nitrogens with one attached hydrogen (secondary N) is 3. The minimum absolute atomic E-state index is 0.177. The van der Waals surface area contributed by atoms with E-state index in [1.54, 1.807) is 35.7 Å². The van der Waals surface area contributed by atoms with E-state index in [1.807, 2.05) is 18.2 Å². The molecular formula is C17H12Cl2N4O2S. The number of para-hydroxylation sites is 1. The Hall–Kier alpha value is -2.61. The molecule has 0 bridgehead atoms. The highest BCUT2D eigenvalue weighted by Crippen LogP contribution is 2.25. The lowest BCUT2D eigenvalue weighted by atomic mass is 10.3. The summed E-state index contributed by atoms with van der Waals surface area (Å²) in [6.45, 7) is 0. The molecule has 2 aromatic carbocycles. The molecule has 3 N–H and O–H groups in total. The van der Waals surface area contributed by atoms with Crippen LogP contribution in [-0.2, 0) is 0 Å². The molecule has 0 fully saturated rings. The molecule has 6 nitrogen and oxygen atoms in total. The molecule has 1 aromatic heterocycles. The van der Waals surface area contributed by atoms with Gasteiger partial charge in [0.25, 0.3) is 5.91 Å². The van der Waals surface area contributed by atoms with E-state index >= 15 is 0 Å². The van der Waals surface area contributed by atoms with Crippen molar-refractivity contribution in [2.24, 2.45) is 0 Å². The molecule has 0 spiro atoms. The molecule has 1 heterocycles. The zero-order valence-corrected chi connectivity index (χ0v) is 15.5. The molecule has 0 aliphatic carbocycles. The van der Waals surface area contributed by atoms with E-state index in [-0.39, 0.29) is 5.69 Å². The molecule has 3 aromatic rings. The lowest BCUT2D eigenvalue weighted by Crippen LogP contribution is -2.19. The Labute approximate surface area is 163 Å². The number of aromatic nitrogens is 1. The minimum Gasteiger partial charge on any atom is -0.321 e. The zero-order valence-electron chi connectivity index (χ0n) is 13.1. The van der Waals surface area contributed by atoms with Crippen LogP contribution >= 0.6 is 34.5 Å². The molecule has 3 rings (SSSR count). The van der Waals surface area contributed by atoms with E-state index < -0.39 is 11.9 Å². The van der Waals surface area contributed by atoms with Gasteiger partial charge in [-0.3, -0.25) is 10.1 Å². The maximum atomic E-state index is 12.2. The molecule has 0 saturated heterocycles. The highest BCUT2D eigenvalue weighted by Gasteiger charge is 2.13. The molecule has 9 heteroatoms. The van der Waals surface area contributed by atoms with Crippen LogP contribution in [0.4, 0.5) is 21.3 Å². The molecule has 0 aliphatic heterocycles. The summed E-state index contributed by atoms with van der Waals surface area (Å²) in [6, 6.07) is 13.3. The summed E-state index contributed by atoms with van der Waals surface area (Å²) >= 11 is 12.9. The highest BCUT2D eigenvalue weighted by atomic mass is 35.5. The average molecular weight is 407 g/mol. The first-order chi connectivity index (χ1) is 12.5. The van der Waals surface area contributed by atoms with Crippen molar-refractivity contribution in [2.45, 2.75) is 0 Å². The van der Waals surface area contributed by atoms with Crippen LogP contribution in [0, 0.1) is 0 Å². The number of hydrogen-bond donors (Lipinski definition) is 3. The third-order valence-corrected chi connectivity index (χ3v) is 4.66. The Balaban J connectivity index is 1.60. The predicted molar refractivity (Wildman–Crippen MR) is 106 cm³/mol. The van der Waals surface area contributed by atoms with Crippen molar-refractivity contribution in [2.75, 3.05) is 16.0 Å². The molecule has 0 atom stereocenters. The first-order valence-corrected chi connectivity index (χ1v) is 9.00. The number of carbonyl (C=O) groups excluding carboxylic acids is 2. The highest BCUT2D eigenvalue weighted by molar-refractivity contribution is 7.14. The van der Waals surface area contributed by atoms with Crippen LogP contribution in [0.2, 0.25) is 10.0 Å². The molecule has 0 saturated carbocycles. The Morgan fingerprint density at radius 3 is 2.38 bits per heavy atom. The van der Waals surface area contributed by atoms with Crippen molar-refractivity contribution in [3.05, 3.63) is 69.7 Å². The summed E-state index contributed by atoms with van der Waals surface area (Å²) in [5, 5.41) is 10.5. The summed E-state index contributed by atoms with van der Waals surface area (Å²) in [7, 11) is 0. The molecular weight excluding hydrogens is 395 g/mol. The maximum absolute atomic E-state index is 12.2. The van der Waals surface area contributed by atoms with Crippen molar-refractivity contribution in [3.63, 3.8) is 0 Å². The first-order valence-electron chi connectivity index (χ1n) is 7.36. The number of anilines is 3. The molecule has 0 unspecified atom stereocenters. The summed E-state index contributed by atoms with van der Waals surface area (Å²) < 4.78 is 0. The number of benzene rings is 2. The second kappa shape index (κ2) is 8.18. The summed E-state index contributed by atoms with van der Waals surface area (Å²) in [5.41, 5.74) is 1.32. The molecule has 132 valence electrons. The van der Waals surface area contributed by atoms with E-state index in [2.05, 4.69) is 20.9 Å². The van der Waals surface area contributed by atoms with Gasteiger partial charge in [-0.05, 0) is 30.3 Å². The summed E-state index contributed by atoms with van der Waals surface area (Å²) in [5.74, 6) is -0.420. The van der Waals surface area contributed by atoms with Crippen LogP contribution in [-0.4, -0.2) is 16.9 Å². The minimum atomic E-state index is -0.443. The van der Waals surface area contributed by atoms with Gasteiger partial charge >= 0.3 is 6.03 Å². The van der Waals surface area contributed by atoms with Gasteiger partial charge in [0.15, 0.2) is 5.13 Å². The standard InChI is InChI=1S/C17H12Cl2N4O2S/c18-12-7-6-11(8-13(12)19)20-15(24)14-9-26-17(22-14)23-16(25)21-10-4-2-1-3-5-10/h1-9H,(H,20,24)(H2,21,22,23,25). The monoisotopic (exact) mass is 406 g/mol. The van der Waals surface area contributed by atoms with Crippen LogP contribution in [0.1, 0.15) is 10.5 Å². The smallest absolute Gasteiger partial charge is 0.321 e. The number of thiazole rings is 1. The van der Waals surface area contributed by atoms with Gasteiger partial charge in [0.2, 0.25) is 0 Å². The van der Waals surface area contributed by atoms with Crippen LogP contribution in [0.5, 0.6) is 0 Å². The van der Waals surface area contributed by atoms with Crippen molar-refractivity contribution < 1.29 is 9.59 Å². The quantitative estimate of drug-likeness (QED) is 0.546. The number of halogens is 2. The second-order valence-corrected chi connectivity index (χ2v) is 6.74. The van der Waals surface area contributed by atoms with Gasteiger partial charge < -0.3 is 10.6 Å². The van der Waals surface area contributed by atoms with E-state index in [0.29, 0.717) is 26.6 Å². The van der Waals surface area contributed by atoms with Crippen molar-refractivity contribution >= 4 is 63.0 Å². The number of rotatable bonds is 4. The van der Waals surface area contributed by atoms with Gasteiger partial charge in [-0.15, -0.1) is 11.3 Å². The number of carbonyl (C=O) groups is 2. The molecule has 0 aliphatic rings. The van der Waals surface area contributed by atoms with Gasteiger partial charge in [-0.2, -0.15) is 0 Å². The number of hydrogen-bond acceptors (Lipinski definition) is 4. The Morgan fingerprint density at radius 1 is 0.885 bits per heavy atom.